The van der Waals surface area contributed by atoms with Crippen molar-refractivity contribution in [2.45, 2.75) is 51.2 Å². The summed E-state index contributed by atoms with van der Waals surface area (Å²) in [6.45, 7) is 7.03. The van der Waals surface area contributed by atoms with Crippen LogP contribution in [0.15, 0.2) is 0 Å². The maximum Gasteiger partial charge on any atom is 0.0587 e. The molecule has 1 aliphatic carbocycles. The molecule has 15 heavy (non-hydrogen) atoms. The molecule has 0 aromatic carbocycles. The summed E-state index contributed by atoms with van der Waals surface area (Å²) in [5.74, 6) is 0.518. The van der Waals surface area contributed by atoms with Gasteiger partial charge in [0.15, 0.2) is 0 Å². The summed E-state index contributed by atoms with van der Waals surface area (Å²) < 4.78 is 0. The van der Waals surface area contributed by atoms with E-state index in [1.807, 2.05) is 0 Å². The molecule has 2 rings (SSSR count). The summed E-state index contributed by atoms with van der Waals surface area (Å²) in [6, 6.07) is 1.77. The molecule has 0 aromatic heterocycles. The summed E-state index contributed by atoms with van der Waals surface area (Å²) in [5.41, 5.74) is 0. The minimum atomic E-state index is 0.262. The molecule has 3 heteroatoms. The molecular weight excluding hydrogens is 188 g/mol. The molecule has 1 heterocycles. The Morgan fingerprint density at radius 2 is 2.07 bits per heavy atom. The number of aliphatic hydroxyl groups excluding tert-OH is 1. The largest absolute Gasteiger partial charge is 0.395 e. The second kappa shape index (κ2) is 4.81. The predicted molar refractivity (Wildman–Crippen MR) is 61.8 cm³/mol. The van der Waals surface area contributed by atoms with E-state index in [1.54, 1.807) is 0 Å². The van der Waals surface area contributed by atoms with E-state index < -0.39 is 0 Å². The van der Waals surface area contributed by atoms with Crippen LogP contribution in [0.3, 0.4) is 0 Å². The molecular formula is C12H24N2O. The van der Waals surface area contributed by atoms with Crippen LogP contribution in [0, 0.1) is 5.92 Å². The van der Waals surface area contributed by atoms with E-state index in [0.29, 0.717) is 12.0 Å². The van der Waals surface area contributed by atoms with Crippen LogP contribution >= 0.6 is 0 Å². The Morgan fingerprint density at radius 3 is 2.60 bits per heavy atom. The monoisotopic (exact) mass is 212 g/mol. The minimum Gasteiger partial charge on any atom is -0.395 e. The quantitative estimate of drug-likeness (QED) is 0.708. The highest BCUT2D eigenvalue weighted by Crippen LogP contribution is 2.29. The van der Waals surface area contributed by atoms with Gasteiger partial charge in [-0.15, -0.1) is 0 Å². The zero-order valence-corrected chi connectivity index (χ0v) is 9.95. The van der Waals surface area contributed by atoms with Crippen LogP contribution in [0.4, 0.5) is 0 Å². The first-order chi connectivity index (χ1) is 7.20. The van der Waals surface area contributed by atoms with Crippen molar-refractivity contribution in [2.24, 2.45) is 5.92 Å². The van der Waals surface area contributed by atoms with Crippen molar-refractivity contribution in [3.8, 4) is 0 Å². The fraction of sp³-hybridized carbons (Fsp3) is 1.00. The average Bonchev–Trinajstić information content (AvgIpc) is 2.95. The van der Waals surface area contributed by atoms with E-state index in [9.17, 15) is 5.11 Å². The Morgan fingerprint density at radius 1 is 1.33 bits per heavy atom. The molecule has 0 bridgehead atoms. The molecule has 0 spiro atoms. The fourth-order valence-electron chi connectivity index (χ4n) is 2.45. The van der Waals surface area contributed by atoms with Crippen molar-refractivity contribution in [1.82, 2.24) is 10.2 Å². The zero-order chi connectivity index (χ0) is 10.8. The summed E-state index contributed by atoms with van der Waals surface area (Å²) >= 11 is 0. The minimum absolute atomic E-state index is 0.262. The van der Waals surface area contributed by atoms with Gasteiger partial charge in [0.1, 0.15) is 0 Å². The van der Waals surface area contributed by atoms with E-state index in [-0.39, 0.29) is 12.6 Å². The first-order valence-electron chi connectivity index (χ1n) is 6.31. The molecule has 2 aliphatic rings. The molecule has 0 amide bonds. The van der Waals surface area contributed by atoms with Crippen LogP contribution in [-0.2, 0) is 0 Å². The van der Waals surface area contributed by atoms with Gasteiger partial charge >= 0.3 is 0 Å². The molecule has 1 aliphatic heterocycles. The average molecular weight is 212 g/mol. The lowest BCUT2D eigenvalue weighted by atomic mass is 10.0. The number of nitrogens with one attached hydrogen (secondary N) is 1. The Balaban J connectivity index is 1.75. The van der Waals surface area contributed by atoms with Gasteiger partial charge in [0.25, 0.3) is 0 Å². The Hall–Kier alpha value is -0.120. The Labute approximate surface area is 92.8 Å². The maximum atomic E-state index is 9.27. The smallest absolute Gasteiger partial charge is 0.0587 e. The van der Waals surface area contributed by atoms with Crippen LogP contribution in [0.25, 0.3) is 0 Å². The number of rotatable bonds is 5. The molecule has 2 N–H and O–H groups in total. The van der Waals surface area contributed by atoms with Crippen molar-refractivity contribution >= 4 is 0 Å². The normalized spacial score (nSPS) is 30.0. The molecule has 0 aromatic rings. The third-order valence-corrected chi connectivity index (χ3v) is 3.73. The van der Waals surface area contributed by atoms with Gasteiger partial charge in [0.05, 0.1) is 6.61 Å². The molecule has 3 nitrogen and oxygen atoms in total. The van der Waals surface area contributed by atoms with Gasteiger partial charge in [0.2, 0.25) is 0 Å². The predicted octanol–water partition coefficient (Wildman–Crippen LogP) is 0.830. The van der Waals surface area contributed by atoms with Crippen molar-refractivity contribution in [1.29, 1.82) is 0 Å². The number of nitrogens with zero attached hydrogens (tertiary/aromatic N) is 1. The van der Waals surface area contributed by atoms with Crippen LogP contribution in [0.5, 0.6) is 0 Å². The van der Waals surface area contributed by atoms with Crippen LogP contribution in [-0.4, -0.2) is 47.8 Å². The van der Waals surface area contributed by atoms with Gasteiger partial charge in [-0.1, -0.05) is 13.8 Å². The number of aliphatic hydroxyl groups is 1. The van der Waals surface area contributed by atoms with E-state index >= 15 is 0 Å². The molecule has 0 radical (unpaired) electrons. The van der Waals surface area contributed by atoms with Crippen molar-refractivity contribution in [3.05, 3.63) is 0 Å². The first-order valence-corrected chi connectivity index (χ1v) is 6.31. The van der Waals surface area contributed by atoms with Crippen molar-refractivity contribution in [3.63, 3.8) is 0 Å². The lowest BCUT2D eigenvalue weighted by molar-refractivity contribution is 0.197. The third kappa shape index (κ3) is 2.92. The van der Waals surface area contributed by atoms with Crippen molar-refractivity contribution < 1.29 is 5.11 Å². The van der Waals surface area contributed by atoms with E-state index in [1.165, 1.54) is 32.4 Å². The summed E-state index contributed by atoms with van der Waals surface area (Å²) in [4.78, 5) is 2.60. The van der Waals surface area contributed by atoms with Gasteiger partial charge in [-0.25, -0.2) is 0 Å². The fourth-order valence-corrected chi connectivity index (χ4v) is 2.45. The van der Waals surface area contributed by atoms with Gasteiger partial charge in [-0.2, -0.15) is 0 Å². The Bertz CT molecular complexity index is 204. The summed E-state index contributed by atoms with van der Waals surface area (Å²) in [5, 5.41) is 12.9. The second-order valence-corrected chi connectivity index (χ2v) is 5.41. The first kappa shape index (κ1) is 11.4. The number of hydrogen-bond donors (Lipinski definition) is 2. The lowest BCUT2D eigenvalue weighted by Crippen LogP contribution is -2.45. The Kier molecular flexibility index (Phi) is 3.65. The van der Waals surface area contributed by atoms with Gasteiger partial charge < -0.3 is 10.4 Å². The highest BCUT2D eigenvalue weighted by Gasteiger charge is 2.34. The van der Waals surface area contributed by atoms with Gasteiger partial charge in [0, 0.05) is 31.2 Å². The van der Waals surface area contributed by atoms with Gasteiger partial charge in [-0.3, -0.25) is 4.90 Å². The van der Waals surface area contributed by atoms with E-state index in [2.05, 4.69) is 24.1 Å². The highest BCUT2D eigenvalue weighted by atomic mass is 16.3. The van der Waals surface area contributed by atoms with E-state index in [0.717, 1.165) is 6.04 Å². The maximum absolute atomic E-state index is 9.27. The van der Waals surface area contributed by atoms with Crippen LogP contribution in [0.2, 0.25) is 0 Å². The molecule has 88 valence electrons. The zero-order valence-electron chi connectivity index (χ0n) is 9.95. The molecule has 1 saturated carbocycles. The van der Waals surface area contributed by atoms with Crippen LogP contribution < -0.4 is 5.32 Å². The number of hydrogen-bond acceptors (Lipinski definition) is 3. The standard InChI is InChI=1S/C12H24N2O/c1-9(2)12(8-15)13-10-5-6-14(7-10)11-3-4-11/h9-13,15H,3-8H2,1-2H3/t10?,12-/m1/s1. The highest BCUT2D eigenvalue weighted by molar-refractivity contribution is 4.92. The SMILES string of the molecule is CC(C)[C@@H](CO)NC1CCN(C2CC2)C1. The number of likely N-dealkylation sites (tertiary alicyclic amines) is 1. The third-order valence-electron chi connectivity index (χ3n) is 3.73. The molecule has 2 fully saturated rings. The van der Waals surface area contributed by atoms with Gasteiger partial charge in [-0.05, 0) is 25.2 Å². The topological polar surface area (TPSA) is 35.5 Å². The van der Waals surface area contributed by atoms with Crippen LogP contribution in [0.1, 0.15) is 33.1 Å². The molecule has 1 unspecified atom stereocenters. The molecule has 1 saturated heterocycles. The van der Waals surface area contributed by atoms with E-state index in [4.69, 9.17) is 0 Å². The molecule has 2 atom stereocenters. The summed E-state index contributed by atoms with van der Waals surface area (Å²) in [7, 11) is 0. The summed E-state index contributed by atoms with van der Waals surface area (Å²) in [6.07, 6.45) is 4.06. The lowest BCUT2D eigenvalue weighted by Gasteiger charge is -2.24. The van der Waals surface area contributed by atoms with Crippen molar-refractivity contribution in [2.75, 3.05) is 19.7 Å². The second-order valence-electron chi connectivity index (χ2n) is 5.41.